The van der Waals surface area contributed by atoms with E-state index < -0.39 is 0 Å². The largest absolute Gasteiger partial charge is 0.395 e. The highest BCUT2D eigenvalue weighted by molar-refractivity contribution is 5.63. The Morgan fingerprint density at radius 2 is 2.12 bits per heavy atom. The Hall–Kier alpha value is -1.73. The zero-order valence-corrected chi connectivity index (χ0v) is 14.9. The van der Waals surface area contributed by atoms with Crippen LogP contribution in [0, 0.1) is 6.92 Å². The highest BCUT2D eigenvalue weighted by Crippen LogP contribution is 2.23. The van der Waals surface area contributed by atoms with Gasteiger partial charge in [-0.2, -0.15) is 5.10 Å². The van der Waals surface area contributed by atoms with Crippen molar-refractivity contribution in [3.05, 3.63) is 41.6 Å². The topological polar surface area (TPSA) is 64.6 Å². The summed E-state index contributed by atoms with van der Waals surface area (Å²) in [5, 5.41) is 16.8. The maximum atomic E-state index is 9.43. The van der Waals surface area contributed by atoms with Crippen molar-refractivity contribution in [2.75, 3.05) is 52.5 Å². The first-order valence-electron chi connectivity index (χ1n) is 8.99. The Morgan fingerprint density at radius 3 is 2.88 bits per heavy atom. The summed E-state index contributed by atoms with van der Waals surface area (Å²) >= 11 is 0. The van der Waals surface area contributed by atoms with Crippen molar-refractivity contribution in [2.45, 2.75) is 13.5 Å². The van der Waals surface area contributed by atoms with Crippen LogP contribution in [0.3, 0.4) is 0 Å². The van der Waals surface area contributed by atoms with E-state index in [0.717, 1.165) is 57.2 Å². The summed E-state index contributed by atoms with van der Waals surface area (Å²) in [4.78, 5) is 4.71. The molecule has 2 heterocycles. The number of aliphatic hydroxyl groups excluding tert-OH is 1. The Labute approximate surface area is 149 Å². The molecule has 1 aromatic heterocycles. The van der Waals surface area contributed by atoms with Gasteiger partial charge in [-0.25, -0.2) is 0 Å². The highest BCUT2D eigenvalue weighted by Gasteiger charge is 2.15. The summed E-state index contributed by atoms with van der Waals surface area (Å²) in [5.41, 5.74) is 4.63. The summed E-state index contributed by atoms with van der Waals surface area (Å²) in [7, 11) is 0. The molecule has 1 aromatic carbocycles. The molecule has 1 aliphatic heterocycles. The second kappa shape index (κ2) is 9.10. The lowest BCUT2D eigenvalue weighted by molar-refractivity contribution is 0.0320. The third kappa shape index (κ3) is 5.12. The van der Waals surface area contributed by atoms with Crippen LogP contribution in [0.4, 0.5) is 0 Å². The number of nitrogens with zero attached hydrogens (tertiary/aromatic N) is 3. The van der Waals surface area contributed by atoms with Crippen LogP contribution in [0.25, 0.3) is 11.3 Å². The van der Waals surface area contributed by atoms with Crippen molar-refractivity contribution < 1.29 is 9.84 Å². The van der Waals surface area contributed by atoms with Gasteiger partial charge in [0.2, 0.25) is 0 Å². The molecule has 0 saturated carbocycles. The van der Waals surface area contributed by atoms with Crippen LogP contribution in [0.5, 0.6) is 0 Å². The molecule has 1 aliphatic rings. The molecule has 0 spiro atoms. The molecule has 2 aromatic rings. The smallest absolute Gasteiger partial charge is 0.0695 e. The predicted molar refractivity (Wildman–Crippen MR) is 98.4 cm³/mol. The molecule has 0 unspecified atom stereocenters. The third-order valence-electron chi connectivity index (χ3n) is 4.67. The molecule has 1 fully saturated rings. The number of aryl methyl sites for hydroxylation is 1. The third-order valence-corrected chi connectivity index (χ3v) is 4.67. The average Bonchev–Trinajstić information content (AvgIpc) is 3.09. The van der Waals surface area contributed by atoms with E-state index in [4.69, 9.17) is 4.74 Å². The standard InChI is InChI=1S/C19H28N4O2/c1-16-3-2-4-17(13-16)19-18(14-20-21-19)15-23(7-10-24)6-5-22-8-11-25-12-9-22/h2-4,13-14,24H,5-12,15H2,1H3,(H,20,21). The number of hydrogen-bond acceptors (Lipinski definition) is 5. The second-order valence-corrected chi connectivity index (χ2v) is 6.59. The zero-order valence-electron chi connectivity index (χ0n) is 14.9. The van der Waals surface area contributed by atoms with Gasteiger partial charge in [0.25, 0.3) is 0 Å². The van der Waals surface area contributed by atoms with Gasteiger partial charge >= 0.3 is 0 Å². The summed E-state index contributed by atoms with van der Waals surface area (Å²) in [6, 6.07) is 8.44. The number of aromatic amines is 1. The van der Waals surface area contributed by atoms with Gasteiger partial charge < -0.3 is 9.84 Å². The number of morpholine rings is 1. The molecule has 25 heavy (non-hydrogen) atoms. The van der Waals surface area contributed by atoms with Gasteiger partial charge in [0.1, 0.15) is 0 Å². The Kier molecular flexibility index (Phi) is 6.58. The molecule has 0 radical (unpaired) electrons. The maximum Gasteiger partial charge on any atom is 0.0695 e. The molecule has 3 rings (SSSR count). The molecule has 6 heteroatoms. The molecule has 2 N–H and O–H groups in total. The van der Waals surface area contributed by atoms with Crippen LogP contribution < -0.4 is 0 Å². The number of aliphatic hydroxyl groups is 1. The van der Waals surface area contributed by atoms with E-state index in [1.165, 1.54) is 11.1 Å². The van der Waals surface area contributed by atoms with E-state index in [-0.39, 0.29) is 6.61 Å². The summed E-state index contributed by atoms with van der Waals surface area (Å²) in [5.74, 6) is 0. The first-order valence-corrected chi connectivity index (χ1v) is 8.99. The van der Waals surface area contributed by atoms with E-state index in [1.807, 2.05) is 6.20 Å². The number of H-pyrrole nitrogens is 1. The van der Waals surface area contributed by atoms with Gasteiger partial charge in [-0.1, -0.05) is 23.8 Å². The molecule has 6 nitrogen and oxygen atoms in total. The van der Waals surface area contributed by atoms with Crippen molar-refractivity contribution in [3.63, 3.8) is 0 Å². The van der Waals surface area contributed by atoms with Gasteiger partial charge in [0.15, 0.2) is 0 Å². The molecular formula is C19H28N4O2. The van der Waals surface area contributed by atoms with Crippen LogP contribution in [-0.2, 0) is 11.3 Å². The number of aromatic nitrogens is 2. The molecule has 0 aliphatic carbocycles. The normalized spacial score (nSPS) is 15.8. The number of hydrogen-bond donors (Lipinski definition) is 2. The van der Waals surface area contributed by atoms with Gasteiger partial charge in [-0.3, -0.25) is 14.9 Å². The van der Waals surface area contributed by atoms with Crippen LogP contribution in [0.15, 0.2) is 30.5 Å². The summed E-state index contributed by atoms with van der Waals surface area (Å²) in [6.45, 7) is 9.27. The van der Waals surface area contributed by atoms with Crippen molar-refractivity contribution in [1.82, 2.24) is 20.0 Å². The Balaban J connectivity index is 1.65. The maximum absolute atomic E-state index is 9.43. The van der Waals surface area contributed by atoms with E-state index in [2.05, 4.69) is 51.2 Å². The molecule has 1 saturated heterocycles. The van der Waals surface area contributed by atoms with Gasteiger partial charge in [-0.05, 0) is 13.0 Å². The minimum absolute atomic E-state index is 0.167. The molecule has 0 amide bonds. The first-order chi connectivity index (χ1) is 12.3. The minimum atomic E-state index is 0.167. The fourth-order valence-electron chi connectivity index (χ4n) is 3.24. The average molecular weight is 344 g/mol. The predicted octanol–water partition coefficient (Wildman–Crippen LogP) is 1.51. The van der Waals surface area contributed by atoms with Crippen molar-refractivity contribution in [1.29, 1.82) is 0 Å². The molecule has 0 bridgehead atoms. The van der Waals surface area contributed by atoms with Crippen molar-refractivity contribution in [3.8, 4) is 11.3 Å². The SMILES string of the molecule is Cc1cccc(-c2[nH]ncc2CN(CCO)CCN2CCOCC2)c1. The quantitative estimate of drug-likeness (QED) is 0.760. The number of nitrogens with one attached hydrogen (secondary N) is 1. The van der Waals surface area contributed by atoms with Crippen LogP contribution in [0.1, 0.15) is 11.1 Å². The van der Waals surface area contributed by atoms with Gasteiger partial charge in [-0.15, -0.1) is 0 Å². The lowest BCUT2D eigenvalue weighted by Gasteiger charge is -2.29. The van der Waals surface area contributed by atoms with Crippen LogP contribution in [-0.4, -0.2) is 77.6 Å². The van der Waals surface area contributed by atoms with Crippen LogP contribution >= 0.6 is 0 Å². The monoisotopic (exact) mass is 344 g/mol. The molecule has 0 atom stereocenters. The second-order valence-electron chi connectivity index (χ2n) is 6.59. The summed E-state index contributed by atoms with van der Waals surface area (Å²) in [6.07, 6.45) is 1.90. The Morgan fingerprint density at radius 1 is 1.28 bits per heavy atom. The van der Waals surface area contributed by atoms with E-state index in [1.54, 1.807) is 0 Å². The fraction of sp³-hybridized carbons (Fsp3) is 0.526. The van der Waals surface area contributed by atoms with E-state index >= 15 is 0 Å². The van der Waals surface area contributed by atoms with Crippen LogP contribution in [0.2, 0.25) is 0 Å². The van der Waals surface area contributed by atoms with Crippen molar-refractivity contribution in [2.24, 2.45) is 0 Å². The lowest BCUT2D eigenvalue weighted by atomic mass is 10.1. The zero-order chi connectivity index (χ0) is 17.5. The van der Waals surface area contributed by atoms with Gasteiger partial charge in [0, 0.05) is 50.4 Å². The number of rotatable bonds is 8. The van der Waals surface area contributed by atoms with Crippen molar-refractivity contribution >= 4 is 0 Å². The Bertz CT molecular complexity index is 652. The molecule has 136 valence electrons. The number of ether oxygens (including phenoxy) is 1. The lowest BCUT2D eigenvalue weighted by Crippen LogP contribution is -2.41. The van der Waals surface area contributed by atoms with E-state index in [0.29, 0.717) is 6.54 Å². The first kappa shape index (κ1) is 18.1. The highest BCUT2D eigenvalue weighted by atomic mass is 16.5. The molecular weight excluding hydrogens is 316 g/mol. The summed E-state index contributed by atoms with van der Waals surface area (Å²) < 4.78 is 5.41. The minimum Gasteiger partial charge on any atom is -0.395 e. The van der Waals surface area contributed by atoms with Gasteiger partial charge in [0.05, 0.1) is 31.7 Å². The number of benzene rings is 1. The van der Waals surface area contributed by atoms with E-state index in [9.17, 15) is 5.11 Å². The fourth-order valence-corrected chi connectivity index (χ4v) is 3.24.